The van der Waals surface area contributed by atoms with Gasteiger partial charge in [-0.2, -0.15) is 0 Å². The van der Waals surface area contributed by atoms with Gasteiger partial charge in [-0.05, 0) is 13.8 Å². The Morgan fingerprint density at radius 2 is 0.900 bits per heavy atom. The normalized spacial score (nSPS) is 12.1. The summed E-state index contributed by atoms with van der Waals surface area (Å²) in [6, 6.07) is 0. The number of allylic oxidation sites excluding steroid dienone is 10. The van der Waals surface area contributed by atoms with Crippen molar-refractivity contribution < 1.29 is 19.8 Å². The Bertz CT molecular complexity index is 393. The number of carboxylic acid groups (broad SMARTS) is 2. The van der Waals surface area contributed by atoms with E-state index in [4.69, 9.17) is 10.2 Å². The highest BCUT2D eigenvalue weighted by molar-refractivity contribution is 5.80. The van der Waals surface area contributed by atoms with Gasteiger partial charge in [0.2, 0.25) is 0 Å². The number of carboxylic acids is 2. The molecule has 0 heterocycles. The van der Waals surface area contributed by atoms with E-state index in [-0.39, 0.29) is 0 Å². The highest BCUT2D eigenvalue weighted by atomic mass is 16.4. The Kier molecular flexibility index (Phi) is 16.1. The molecule has 4 heteroatoms. The molecular formula is C16H20O4. The lowest BCUT2D eigenvalue weighted by Crippen LogP contribution is -1.84. The summed E-state index contributed by atoms with van der Waals surface area (Å²) < 4.78 is 0. The van der Waals surface area contributed by atoms with Crippen LogP contribution >= 0.6 is 0 Å². The zero-order valence-corrected chi connectivity index (χ0v) is 11.6. The van der Waals surface area contributed by atoms with Crippen molar-refractivity contribution in [2.75, 3.05) is 0 Å². The lowest BCUT2D eigenvalue weighted by molar-refractivity contribution is -0.132. The molecule has 0 amide bonds. The second-order valence-electron chi connectivity index (χ2n) is 3.22. The third-order valence-electron chi connectivity index (χ3n) is 1.53. The Balaban J connectivity index is 0. The first kappa shape index (κ1) is 19.7. The molecule has 0 atom stereocenters. The molecule has 0 unspecified atom stereocenters. The minimum Gasteiger partial charge on any atom is -0.478 e. The molecule has 0 aliphatic rings. The fourth-order valence-electron chi connectivity index (χ4n) is 0.755. The van der Waals surface area contributed by atoms with Gasteiger partial charge in [0.05, 0.1) is 0 Å². The molecule has 4 nitrogen and oxygen atoms in total. The van der Waals surface area contributed by atoms with Gasteiger partial charge < -0.3 is 10.2 Å². The van der Waals surface area contributed by atoms with Crippen LogP contribution in [0.1, 0.15) is 13.8 Å². The molecule has 0 aliphatic heterocycles. The summed E-state index contributed by atoms with van der Waals surface area (Å²) >= 11 is 0. The van der Waals surface area contributed by atoms with Crippen LogP contribution < -0.4 is 0 Å². The zero-order chi connectivity index (χ0) is 15.6. The SMILES string of the molecule is CC=CC=CC=CC(=O)O.CC=CC=CC=CC(=O)O. The molecule has 0 aromatic carbocycles. The van der Waals surface area contributed by atoms with Crippen molar-refractivity contribution in [3.05, 3.63) is 72.9 Å². The van der Waals surface area contributed by atoms with Gasteiger partial charge in [0.15, 0.2) is 0 Å². The average molecular weight is 276 g/mol. The van der Waals surface area contributed by atoms with E-state index >= 15 is 0 Å². The Hall–Kier alpha value is -2.62. The van der Waals surface area contributed by atoms with Crippen molar-refractivity contribution in [2.24, 2.45) is 0 Å². The summed E-state index contributed by atoms with van der Waals surface area (Å²) in [4.78, 5) is 19.8. The van der Waals surface area contributed by atoms with E-state index in [1.54, 1.807) is 24.3 Å². The molecular weight excluding hydrogens is 256 g/mol. The fraction of sp³-hybridized carbons (Fsp3) is 0.125. The van der Waals surface area contributed by atoms with Gasteiger partial charge in [0.1, 0.15) is 0 Å². The van der Waals surface area contributed by atoms with Crippen molar-refractivity contribution in [1.29, 1.82) is 0 Å². The highest BCUT2D eigenvalue weighted by Gasteiger charge is 1.79. The van der Waals surface area contributed by atoms with Crippen LogP contribution in [0.25, 0.3) is 0 Å². The summed E-state index contributed by atoms with van der Waals surface area (Å²) in [6.07, 6.45) is 19.3. The summed E-state index contributed by atoms with van der Waals surface area (Å²) in [5.41, 5.74) is 0. The molecule has 0 aromatic rings. The highest BCUT2D eigenvalue weighted by Crippen LogP contribution is 1.80. The maximum atomic E-state index is 9.89. The predicted molar refractivity (Wildman–Crippen MR) is 81.5 cm³/mol. The lowest BCUT2D eigenvalue weighted by atomic mass is 10.4. The molecule has 0 saturated heterocycles. The maximum absolute atomic E-state index is 9.89. The van der Waals surface area contributed by atoms with Gasteiger partial charge in [-0.15, -0.1) is 0 Å². The van der Waals surface area contributed by atoms with Crippen LogP contribution in [0.5, 0.6) is 0 Å². The van der Waals surface area contributed by atoms with Crippen LogP contribution in [-0.4, -0.2) is 22.2 Å². The first-order valence-corrected chi connectivity index (χ1v) is 5.92. The zero-order valence-electron chi connectivity index (χ0n) is 11.6. The summed E-state index contributed by atoms with van der Waals surface area (Å²) in [5.74, 6) is -1.85. The van der Waals surface area contributed by atoms with E-state index < -0.39 is 11.9 Å². The molecule has 0 radical (unpaired) electrons. The van der Waals surface area contributed by atoms with Crippen LogP contribution in [0.3, 0.4) is 0 Å². The van der Waals surface area contributed by atoms with Crippen molar-refractivity contribution >= 4 is 11.9 Å². The van der Waals surface area contributed by atoms with Crippen molar-refractivity contribution in [3.63, 3.8) is 0 Å². The monoisotopic (exact) mass is 276 g/mol. The first-order chi connectivity index (χ1) is 9.54. The first-order valence-electron chi connectivity index (χ1n) is 5.92. The summed E-state index contributed by atoms with van der Waals surface area (Å²) in [6.45, 7) is 3.79. The van der Waals surface area contributed by atoms with E-state index in [9.17, 15) is 9.59 Å². The quantitative estimate of drug-likeness (QED) is 0.575. The van der Waals surface area contributed by atoms with Crippen LogP contribution in [0, 0.1) is 0 Å². The number of hydrogen-bond donors (Lipinski definition) is 2. The lowest BCUT2D eigenvalue weighted by Gasteiger charge is -1.73. The number of carbonyl (C=O) groups is 2. The Labute approximate surface area is 119 Å². The van der Waals surface area contributed by atoms with Gasteiger partial charge in [-0.3, -0.25) is 0 Å². The molecule has 2 N–H and O–H groups in total. The fourth-order valence-corrected chi connectivity index (χ4v) is 0.755. The molecule has 0 saturated carbocycles. The molecule has 0 fully saturated rings. The van der Waals surface area contributed by atoms with Crippen LogP contribution in [0.4, 0.5) is 0 Å². The molecule has 0 rings (SSSR count). The van der Waals surface area contributed by atoms with E-state index in [1.165, 1.54) is 12.2 Å². The van der Waals surface area contributed by atoms with Crippen LogP contribution in [0.15, 0.2) is 72.9 Å². The Morgan fingerprint density at radius 3 is 1.15 bits per heavy atom. The van der Waals surface area contributed by atoms with Crippen molar-refractivity contribution in [1.82, 2.24) is 0 Å². The van der Waals surface area contributed by atoms with Crippen LogP contribution in [-0.2, 0) is 9.59 Å². The molecule has 0 aromatic heterocycles. The van der Waals surface area contributed by atoms with Gasteiger partial charge in [0, 0.05) is 12.2 Å². The molecule has 0 aliphatic carbocycles. The molecule has 0 spiro atoms. The predicted octanol–water partition coefficient (Wildman–Crippen LogP) is 3.52. The van der Waals surface area contributed by atoms with Gasteiger partial charge in [-0.25, -0.2) is 9.59 Å². The molecule has 108 valence electrons. The average Bonchev–Trinajstić information content (AvgIpc) is 2.38. The summed E-state index contributed by atoms with van der Waals surface area (Å²) in [7, 11) is 0. The minimum atomic E-state index is -0.926. The van der Waals surface area contributed by atoms with E-state index in [0.717, 1.165) is 12.2 Å². The third-order valence-corrected chi connectivity index (χ3v) is 1.53. The van der Waals surface area contributed by atoms with Gasteiger partial charge in [0.25, 0.3) is 0 Å². The van der Waals surface area contributed by atoms with E-state index in [0.29, 0.717) is 0 Å². The number of rotatable bonds is 6. The minimum absolute atomic E-state index is 0.926. The number of hydrogen-bond acceptors (Lipinski definition) is 2. The van der Waals surface area contributed by atoms with Gasteiger partial charge in [-0.1, -0.05) is 60.8 Å². The van der Waals surface area contributed by atoms with Crippen molar-refractivity contribution in [3.8, 4) is 0 Å². The van der Waals surface area contributed by atoms with E-state index in [1.807, 2.05) is 38.2 Å². The topological polar surface area (TPSA) is 74.6 Å². The summed E-state index contributed by atoms with van der Waals surface area (Å²) in [5, 5.41) is 16.3. The standard InChI is InChI=1S/2C8H10O2/c2*1-2-3-4-5-6-7-8(9)10/h2*2-7H,1H3,(H,9,10). The largest absolute Gasteiger partial charge is 0.478 e. The number of aliphatic carboxylic acids is 2. The second kappa shape index (κ2) is 16.4. The molecule has 0 bridgehead atoms. The smallest absolute Gasteiger partial charge is 0.328 e. The Morgan fingerprint density at radius 1 is 0.600 bits per heavy atom. The maximum Gasteiger partial charge on any atom is 0.328 e. The van der Waals surface area contributed by atoms with Crippen molar-refractivity contribution in [2.45, 2.75) is 13.8 Å². The van der Waals surface area contributed by atoms with Crippen LogP contribution in [0.2, 0.25) is 0 Å². The second-order valence-corrected chi connectivity index (χ2v) is 3.22. The third kappa shape index (κ3) is 24.6. The van der Waals surface area contributed by atoms with Gasteiger partial charge >= 0.3 is 11.9 Å². The van der Waals surface area contributed by atoms with E-state index in [2.05, 4.69) is 0 Å². The molecule has 20 heavy (non-hydrogen) atoms.